The highest BCUT2D eigenvalue weighted by atomic mass is 19.3. The van der Waals surface area contributed by atoms with Gasteiger partial charge in [0.2, 0.25) is 0 Å². The zero-order valence-electron chi connectivity index (χ0n) is 12.4. The highest BCUT2D eigenvalue weighted by Crippen LogP contribution is 2.37. The van der Waals surface area contributed by atoms with Crippen LogP contribution in [-0.2, 0) is 0 Å². The first-order valence-electron chi connectivity index (χ1n) is 6.81. The molecule has 2 unspecified atom stereocenters. The summed E-state index contributed by atoms with van der Waals surface area (Å²) >= 11 is 0. The van der Waals surface area contributed by atoms with E-state index in [0.717, 1.165) is 0 Å². The molecule has 0 aromatic rings. The average Bonchev–Trinajstić information content (AvgIpc) is 2.24. The number of halogens is 3. The van der Waals surface area contributed by atoms with Crippen molar-refractivity contribution in [3.05, 3.63) is 11.4 Å². The van der Waals surface area contributed by atoms with E-state index < -0.39 is 35.1 Å². The molecule has 3 nitrogen and oxygen atoms in total. The molecule has 1 rings (SSSR count). The van der Waals surface area contributed by atoms with Crippen LogP contribution in [0.3, 0.4) is 0 Å². The van der Waals surface area contributed by atoms with Gasteiger partial charge in [0.05, 0.1) is 6.04 Å². The van der Waals surface area contributed by atoms with Crippen LogP contribution in [0.4, 0.5) is 13.2 Å². The van der Waals surface area contributed by atoms with E-state index in [1.165, 1.54) is 0 Å². The Balaban J connectivity index is 2.81. The van der Waals surface area contributed by atoms with Crippen molar-refractivity contribution in [3.8, 4) is 0 Å². The zero-order valence-corrected chi connectivity index (χ0v) is 12.4. The molecule has 0 spiro atoms. The van der Waals surface area contributed by atoms with Crippen molar-refractivity contribution >= 4 is 0 Å². The Kier molecular flexibility index (Phi) is 5.27. The lowest BCUT2D eigenvalue weighted by Crippen LogP contribution is -2.53. The second-order valence-electron chi connectivity index (χ2n) is 6.64. The predicted octanol–water partition coefficient (Wildman–Crippen LogP) is 2.73. The fraction of sp³-hybridized carbons (Fsp3) is 0.857. The van der Waals surface area contributed by atoms with E-state index >= 15 is 0 Å². The quantitative estimate of drug-likeness (QED) is 0.699. The van der Waals surface area contributed by atoms with Crippen molar-refractivity contribution in [2.24, 2.45) is 5.41 Å². The van der Waals surface area contributed by atoms with Gasteiger partial charge in [-0.15, -0.1) is 0 Å². The number of hydrogen-bond acceptors (Lipinski definition) is 3. The van der Waals surface area contributed by atoms with Crippen LogP contribution in [0.5, 0.6) is 0 Å². The Morgan fingerprint density at radius 1 is 1.20 bits per heavy atom. The van der Waals surface area contributed by atoms with Gasteiger partial charge in [-0.3, -0.25) is 0 Å². The first kappa shape index (κ1) is 17.5. The van der Waals surface area contributed by atoms with Crippen LogP contribution >= 0.6 is 0 Å². The lowest BCUT2D eigenvalue weighted by Gasteiger charge is -2.38. The fourth-order valence-electron chi connectivity index (χ4n) is 2.51. The number of nitrogens with one attached hydrogen (secondary N) is 1. The lowest BCUT2D eigenvalue weighted by molar-refractivity contribution is -0.0955. The van der Waals surface area contributed by atoms with Gasteiger partial charge in [0.25, 0.3) is 5.92 Å². The van der Waals surface area contributed by atoms with E-state index in [1.807, 2.05) is 20.8 Å². The molecule has 0 amide bonds. The predicted molar refractivity (Wildman–Crippen MR) is 71.0 cm³/mol. The number of aliphatic hydroxyl groups is 2. The van der Waals surface area contributed by atoms with Crippen LogP contribution < -0.4 is 5.32 Å². The Morgan fingerprint density at radius 2 is 1.75 bits per heavy atom. The standard InChI is InChI=1S/C14H24F3NO2/c1-13(2,3)11(12(19)20)18-8-5-6-10(15)9(7-8)14(4,16)17/h8,11-12,18-20H,5-7H2,1-4H3. The molecule has 1 aliphatic rings. The van der Waals surface area contributed by atoms with Crippen LogP contribution in [-0.4, -0.2) is 34.5 Å². The Hall–Kier alpha value is -0.590. The fourth-order valence-corrected chi connectivity index (χ4v) is 2.51. The normalized spacial score (nSPS) is 23.4. The second-order valence-corrected chi connectivity index (χ2v) is 6.64. The minimum atomic E-state index is -3.18. The van der Waals surface area contributed by atoms with Gasteiger partial charge in [-0.1, -0.05) is 20.8 Å². The van der Waals surface area contributed by atoms with Crippen molar-refractivity contribution in [3.63, 3.8) is 0 Å². The minimum absolute atomic E-state index is 0.0468. The molecular weight excluding hydrogens is 271 g/mol. The number of hydrogen-bond donors (Lipinski definition) is 3. The molecular formula is C14H24F3NO2. The molecule has 0 bridgehead atoms. The average molecular weight is 295 g/mol. The van der Waals surface area contributed by atoms with Crippen LogP contribution in [0.25, 0.3) is 0 Å². The van der Waals surface area contributed by atoms with Gasteiger partial charge in [-0.25, -0.2) is 13.2 Å². The minimum Gasteiger partial charge on any atom is -0.367 e. The molecule has 6 heteroatoms. The third kappa shape index (κ3) is 4.46. The number of allylic oxidation sites excluding steroid dienone is 1. The van der Waals surface area contributed by atoms with E-state index in [2.05, 4.69) is 5.32 Å². The molecule has 0 aliphatic heterocycles. The molecule has 0 saturated carbocycles. The number of rotatable bonds is 4. The first-order valence-corrected chi connectivity index (χ1v) is 6.81. The smallest absolute Gasteiger partial charge is 0.269 e. The molecule has 0 saturated heterocycles. The van der Waals surface area contributed by atoms with Gasteiger partial charge in [0.15, 0.2) is 6.29 Å². The first-order chi connectivity index (χ1) is 8.93. The molecule has 2 atom stereocenters. The highest BCUT2D eigenvalue weighted by Gasteiger charge is 2.38. The summed E-state index contributed by atoms with van der Waals surface area (Å²) in [4.78, 5) is 0. The summed E-state index contributed by atoms with van der Waals surface area (Å²) in [5.74, 6) is -3.92. The topological polar surface area (TPSA) is 52.5 Å². The third-order valence-corrected chi connectivity index (χ3v) is 3.67. The zero-order chi connectivity index (χ0) is 15.7. The molecule has 0 heterocycles. The van der Waals surface area contributed by atoms with Crippen LogP contribution in [0, 0.1) is 5.41 Å². The molecule has 118 valence electrons. The molecule has 0 aromatic heterocycles. The van der Waals surface area contributed by atoms with Crippen molar-refractivity contribution in [2.45, 2.75) is 71.3 Å². The van der Waals surface area contributed by atoms with Gasteiger partial charge in [-0.05, 0) is 18.3 Å². The molecule has 20 heavy (non-hydrogen) atoms. The Bertz CT molecular complexity index is 370. The van der Waals surface area contributed by atoms with Crippen LogP contribution in [0.15, 0.2) is 11.4 Å². The summed E-state index contributed by atoms with van der Waals surface area (Å²) in [7, 11) is 0. The highest BCUT2D eigenvalue weighted by molar-refractivity contribution is 5.20. The van der Waals surface area contributed by atoms with Crippen molar-refractivity contribution < 1.29 is 23.4 Å². The van der Waals surface area contributed by atoms with Crippen molar-refractivity contribution in [1.82, 2.24) is 5.32 Å². The summed E-state index contributed by atoms with van der Waals surface area (Å²) in [5.41, 5.74) is -0.940. The van der Waals surface area contributed by atoms with Crippen LogP contribution in [0.1, 0.15) is 47.0 Å². The van der Waals surface area contributed by atoms with E-state index in [9.17, 15) is 23.4 Å². The summed E-state index contributed by atoms with van der Waals surface area (Å²) in [5, 5.41) is 21.8. The van der Waals surface area contributed by atoms with Crippen molar-refractivity contribution in [1.29, 1.82) is 0 Å². The monoisotopic (exact) mass is 295 g/mol. The van der Waals surface area contributed by atoms with E-state index in [1.54, 1.807) is 0 Å². The maximum Gasteiger partial charge on any atom is 0.269 e. The van der Waals surface area contributed by atoms with Gasteiger partial charge in [-0.2, -0.15) is 0 Å². The van der Waals surface area contributed by atoms with Crippen LogP contribution in [0.2, 0.25) is 0 Å². The molecule has 0 fully saturated rings. The van der Waals surface area contributed by atoms with Gasteiger partial charge in [0.1, 0.15) is 5.83 Å². The summed E-state index contributed by atoms with van der Waals surface area (Å²) in [6.07, 6.45) is -1.40. The molecule has 3 N–H and O–H groups in total. The molecule has 1 aliphatic carbocycles. The van der Waals surface area contributed by atoms with Crippen molar-refractivity contribution in [2.75, 3.05) is 0 Å². The van der Waals surface area contributed by atoms with Gasteiger partial charge in [0, 0.05) is 25.0 Å². The van der Waals surface area contributed by atoms with Gasteiger partial charge < -0.3 is 15.5 Å². The van der Waals surface area contributed by atoms with E-state index in [-0.39, 0.29) is 18.9 Å². The number of aliphatic hydroxyl groups excluding tert-OH is 1. The summed E-state index contributed by atoms with van der Waals surface area (Å²) < 4.78 is 40.2. The van der Waals surface area contributed by atoms with E-state index in [4.69, 9.17) is 0 Å². The van der Waals surface area contributed by atoms with E-state index in [0.29, 0.717) is 13.3 Å². The summed E-state index contributed by atoms with van der Waals surface area (Å²) in [6, 6.07) is -1.05. The molecule has 0 aromatic carbocycles. The SMILES string of the molecule is CC(F)(F)C1=C(F)CCC(NC(C(O)O)C(C)(C)C)C1. The molecule has 0 radical (unpaired) electrons. The lowest BCUT2D eigenvalue weighted by atomic mass is 9.83. The Labute approximate surface area is 117 Å². The summed E-state index contributed by atoms with van der Waals surface area (Å²) in [6.45, 7) is 6.14. The largest absolute Gasteiger partial charge is 0.367 e. The Morgan fingerprint density at radius 3 is 2.15 bits per heavy atom. The van der Waals surface area contributed by atoms with Gasteiger partial charge >= 0.3 is 0 Å². The maximum atomic E-state index is 13.5. The maximum absolute atomic E-state index is 13.5. The number of alkyl halides is 2. The third-order valence-electron chi connectivity index (χ3n) is 3.67. The second kappa shape index (κ2) is 6.03.